The lowest BCUT2D eigenvalue weighted by Crippen LogP contribution is -2.64. The van der Waals surface area contributed by atoms with Crippen molar-refractivity contribution in [2.24, 2.45) is 0 Å². The number of ether oxygens (including phenoxy) is 1. The molecule has 2 aliphatic heterocycles. The number of carboxylic acid groups (broad SMARTS) is 1. The summed E-state index contributed by atoms with van der Waals surface area (Å²) in [5.74, 6) is -1.88. The van der Waals surface area contributed by atoms with Crippen LogP contribution in [0.25, 0.3) is 0 Å². The van der Waals surface area contributed by atoms with Gasteiger partial charge in [0, 0.05) is 30.6 Å². The Labute approximate surface area is 198 Å². The van der Waals surface area contributed by atoms with Gasteiger partial charge in [0.25, 0.3) is 5.91 Å². The van der Waals surface area contributed by atoms with Crippen LogP contribution in [0.5, 0.6) is 5.75 Å². The van der Waals surface area contributed by atoms with E-state index in [9.17, 15) is 22.8 Å². The molecular weight excluding hydrogens is 475 g/mol. The summed E-state index contributed by atoms with van der Waals surface area (Å²) in [5, 5.41) is 11.1. The Morgan fingerprint density at radius 3 is 2.32 bits per heavy atom. The summed E-state index contributed by atoms with van der Waals surface area (Å²) in [4.78, 5) is 40.3. The van der Waals surface area contributed by atoms with Gasteiger partial charge in [-0.3, -0.25) is 14.5 Å². The predicted molar refractivity (Wildman–Crippen MR) is 119 cm³/mol. The average Bonchev–Trinajstić information content (AvgIpc) is 3.47. The molecule has 12 heteroatoms. The highest BCUT2D eigenvalue weighted by molar-refractivity contribution is 7.08. The van der Waals surface area contributed by atoms with E-state index in [1.165, 1.54) is 0 Å². The Hall–Kier alpha value is -3.12. The zero-order valence-corrected chi connectivity index (χ0v) is 19.4. The van der Waals surface area contributed by atoms with E-state index in [4.69, 9.17) is 14.6 Å². The average molecular weight is 500 g/mol. The number of carboxylic acids is 1. The van der Waals surface area contributed by atoms with Gasteiger partial charge in [-0.1, -0.05) is 0 Å². The smallest absolute Gasteiger partial charge is 0.490 e. The Balaban J connectivity index is 0.000000406. The van der Waals surface area contributed by atoms with Gasteiger partial charge in [0.2, 0.25) is 5.91 Å². The molecule has 2 saturated heterocycles. The topological polar surface area (TPSA) is 90.4 Å². The van der Waals surface area contributed by atoms with Gasteiger partial charge in [-0.05, 0) is 49.2 Å². The van der Waals surface area contributed by atoms with Crippen LogP contribution in [0.1, 0.15) is 16.8 Å². The molecule has 2 fully saturated rings. The third-order valence-corrected chi connectivity index (χ3v) is 6.62. The van der Waals surface area contributed by atoms with Gasteiger partial charge >= 0.3 is 12.1 Å². The van der Waals surface area contributed by atoms with Gasteiger partial charge in [0.05, 0.1) is 24.9 Å². The molecular formula is C22H24F3N3O5S. The van der Waals surface area contributed by atoms with Crippen molar-refractivity contribution in [3.05, 3.63) is 46.7 Å². The lowest BCUT2D eigenvalue weighted by Gasteiger charge is -2.46. The second-order valence-corrected chi connectivity index (χ2v) is 8.83. The van der Waals surface area contributed by atoms with E-state index in [-0.39, 0.29) is 17.4 Å². The number of alkyl halides is 3. The largest absolute Gasteiger partial charge is 0.497 e. The zero-order chi connectivity index (χ0) is 25.1. The summed E-state index contributed by atoms with van der Waals surface area (Å²) in [6, 6.07) is 9.21. The van der Waals surface area contributed by atoms with Gasteiger partial charge < -0.3 is 19.6 Å². The number of carbonyl (C=O) groups excluding carboxylic acids is 2. The van der Waals surface area contributed by atoms with Crippen LogP contribution in [0.4, 0.5) is 18.9 Å². The van der Waals surface area contributed by atoms with Crippen LogP contribution in [-0.2, 0) is 9.59 Å². The quantitative estimate of drug-likeness (QED) is 0.699. The molecule has 1 aromatic carbocycles. The van der Waals surface area contributed by atoms with Gasteiger partial charge in [0.1, 0.15) is 5.75 Å². The van der Waals surface area contributed by atoms with Crippen LogP contribution >= 0.6 is 11.3 Å². The fourth-order valence-corrected chi connectivity index (χ4v) is 4.63. The lowest BCUT2D eigenvalue weighted by atomic mass is 9.93. The van der Waals surface area contributed by atoms with Crippen LogP contribution < -0.4 is 9.64 Å². The molecule has 34 heavy (non-hydrogen) atoms. The van der Waals surface area contributed by atoms with E-state index < -0.39 is 12.1 Å². The van der Waals surface area contributed by atoms with Crippen molar-refractivity contribution >= 4 is 34.8 Å². The summed E-state index contributed by atoms with van der Waals surface area (Å²) in [6.07, 6.45) is -4.22. The molecule has 0 bridgehead atoms. The van der Waals surface area contributed by atoms with E-state index in [0.29, 0.717) is 31.7 Å². The van der Waals surface area contributed by atoms with Gasteiger partial charge in [-0.25, -0.2) is 4.79 Å². The number of nitrogens with zero attached hydrogens (tertiary/aromatic N) is 3. The zero-order valence-electron chi connectivity index (χ0n) is 18.5. The molecule has 8 nitrogen and oxygen atoms in total. The van der Waals surface area contributed by atoms with Crippen molar-refractivity contribution in [3.63, 3.8) is 0 Å². The molecule has 1 unspecified atom stereocenters. The van der Waals surface area contributed by atoms with Gasteiger partial charge in [-0.2, -0.15) is 24.5 Å². The Morgan fingerprint density at radius 2 is 1.79 bits per heavy atom. The highest BCUT2D eigenvalue weighted by Crippen LogP contribution is 2.34. The van der Waals surface area contributed by atoms with Crippen molar-refractivity contribution in [2.45, 2.75) is 18.1 Å². The number of likely N-dealkylation sites (N-methyl/N-ethyl adjacent to an activating group) is 1. The molecule has 0 saturated carbocycles. The molecule has 3 heterocycles. The van der Waals surface area contributed by atoms with Crippen LogP contribution in [0, 0.1) is 0 Å². The minimum Gasteiger partial charge on any atom is -0.497 e. The van der Waals surface area contributed by atoms with E-state index in [1.807, 2.05) is 45.8 Å². The van der Waals surface area contributed by atoms with Crippen molar-refractivity contribution in [2.75, 3.05) is 45.2 Å². The molecule has 2 amide bonds. The minimum absolute atomic E-state index is 0.0295. The van der Waals surface area contributed by atoms with Gasteiger partial charge in [-0.15, -0.1) is 0 Å². The standard InChI is InChI=1S/C20H23N3O3S.C2HF3O2/c1-21-11-18(24)23(16-7-10-27-12-16)14-20(21)8-9-22(13-20)19(25)15-3-5-17(26-2)6-4-15;3-2(4,5)1(6)7/h3-7,10,12H,8-9,11,13-14H2,1-2H3;(H,6,7). The number of thiophene rings is 1. The molecule has 4 rings (SSSR count). The number of aliphatic carboxylic acids is 1. The number of piperazine rings is 1. The molecule has 1 atom stereocenters. The number of amides is 2. The summed E-state index contributed by atoms with van der Waals surface area (Å²) >= 11 is 1.59. The highest BCUT2D eigenvalue weighted by atomic mass is 32.1. The molecule has 2 aliphatic rings. The van der Waals surface area contributed by atoms with Crippen molar-refractivity contribution in [3.8, 4) is 5.75 Å². The number of hydrogen-bond donors (Lipinski definition) is 1. The first-order chi connectivity index (χ1) is 16.0. The molecule has 1 N–H and O–H groups in total. The maximum absolute atomic E-state index is 12.9. The van der Waals surface area contributed by atoms with E-state index in [1.54, 1.807) is 30.6 Å². The fraction of sp³-hybridized carbons (Fsp3) is 0.409. The third kappa shape index (κ3) is 5.50. The molecule has 2 aromatic rings. The van der Waals surface area contributed by atoms with Crippen molar-refractivity contribution < 1.29 is 37.4 Å². The first-order valence-electron chi connectivity index (χ1n) is 10.2. The van der Waals surface area contributed by atoms with E-state index in [2.05, 4.69) is 4.90 Å². The lowest BCUT2D eigenvalue weighted by molar-refractivity contribution is -0.192. The number of likely N-dealkylation sites (tertiary alicyclic amines) is 1. The van der Waals surface area contributed by atoms with Crippen LogP contribution in [0.2, 0.25) is 0 Å². The first-order valence-corrected chi connectivity index (χ1v) is 11.2. The molecule has 0 radical (unpaired) electrons. The molecule has 1 spiro atoms. The molecule has 1 aromatic heterocycles. The summed E-state index contributed by atoms with van der Waals surface area (Å²) in [7, 11) is 3.60. The first kappa shape index (κ1) is 25.5. The second kappa shape index (κ2) is 10.0. The van der Waals surface area contributed by atoms with E-state index >= 15 is 0 Å². The summed E-state index contributed by atoms with van der Waals surface area (Å²) < 4.78 is 36.9. The van der Waals surface area contributed by atoms with Crippen molar-refractivity contribution in [1.29, 1.82) is 0 Å². The normalized spacial score (nSPS) is 20.8. The summed E-state index contributed by atoms with van der Waals surface area (Å²) in [5.41, 5.74) is 1.42. The van der Waals surface area contributed by atoms with Gasteiger partial charge in [0.15, 0.2) is 0 Å². The monoisotopic (exact) mass is 499 g/mol. The molecule has 184 valence electrons. The maximum Gasteiger partial charge on any atom is 0.490 e. The number of rotatable bonds is 3. The van der Waals surface area contributed by atoms with E-state index in [0.717, 1.165) is 17.9 Å². The SMILES string of the molecule is COc1ccc(C(=O)N2CCC3(C2)CN(c2ccsc2)C(=O)CN3C)cc1.O=C(O)C(F)(F)F. The number of halogens is 3. The second-order valence-electron chi connectivity index (χ2n) is 8.05. The number of methoxy groups -OCH3 is 1. The molecule has 0 aliphatic carbocycles. The fourth-order valence-electron chi connectivity index (χ4n) is 3.99. The summed E-state index contributed by atoms with van der Waals surface area (Å²) in [6.45, 7) is 2.31. The minimum atomic E-state index is -5.08. The predicted octanol–water partition coefficient (Wildman–Crippen LogP) is 2.95. The number of carbonyl (C=O) groups is 3. The Bertz CT molecular complexity index is 1030. The highest BCUT2D eigenvalue weighted by Gasteiger charge is 2.48. The van der Waals surface area contributed by atoms with Crippen LogP contribution in [-0.4, -0.2) is 84.7 Å². The van der Waals surface area contributed by atoms with Crippen LogP contribution in [0.15, 0.2) is 41.1 Å². The maximum atomic E-state index is 12.9. The van der Waals surface area contributed by atoms with Crippen LogP contribution in [0.3, 0.4) is 0 Å². The number of benzene rings is 1. The number of hydrogen-bond acceptors (Lipinski definition) is 6. The Morgan fingerprint density at radius 1 is 1.15 bits per heavy atom. The number of anilines is 1. The van der Waals surface area contributed by atoms with Crippen molar-refractivity contribution in [1.82, 2.24) is 9.80 Å². The third-order valence-electron chi connectivity index (χ3n) is 5.95. The Kier molecular flexibility index (Phi) is 7.51.